The summed E-state index contributed by atoms with van der Waals surface area (Å²) in [6.45, 7) is 2.97. The summed E-state index contributed by atoms with van der Waals surface area (Å²) in [7, 11) is 0. The van der Waals surface area contributed by atoms with Crippen LogP contribution in [-0.2, 0) is 4.74 Å². The van der Waals surface area contributed by atoms with Gasteiger partial charge < -0.3 is 15.2 Å². The monoisotopic (exact) mass is 317 g/mol. The average Bonchev–Trinajstić information content (AvgIpc) is 2.81. The maximum Gasteiger partial charge on any atom is 0.128 e. The molecule has 0 unspecified atom stereocenters. The summed E-state index contributed by atoms with van der Waals surface area (Å²) in [6.07, 6.45) is 0.740. The first-order valence-electron chi connectivity index (χ1n) is 5.97. The quantitative estimate of drug-likeness (QED) is 0.896. The molecule has 0 aromatic heterocycles. The van der Waals surface area contributed by atoms with Crippen molar-refractivity contribution in [2.75, 3.05) is 19.8 Å². The number of hydrogen-bond donors (Lipinski definition) is 2. The lowest BCUT2D eigenvalue weighted by molar-refractivity contribution is 0.113. The average molecular weight is 318 g/mol. The van der Waals surface area contributed by atoms with E-state index in [1.54, 1.807) is 12.1 Å². The predicted octanol–water partition coefficient (Wildman–Crippen LogP) is 2.39. The number of nitrogens with one attached hydrogen (secondary N) is 1. The second-order valence-electron chi connectivity index (χ2n) is 4.77. The zero-order chi connectivity index (χ0) is 13.2. The van der Waals surface area contributed by atoms with E-state index in [9.17, 15) is 9.50 Å². The van der Waals surface area contributed by atoms with Crippen molar-refractivity contribution in [2.45, 2.75) is 24.9 Å². The second kappa shape index (κ2) is 5.65. The molecule has 1 heterocycles. The number of ether oxygens (including phenoxy) is 1. The molecule has 0 aliphatic carbocycles. The molecular formula is C13H17BrFNO2. The van der Waals surface area contributed by atoms with Crippen LogP contribution in [-0.4, -0.2) is 30.5 Å². The van der Waals surface area contributed by atoms with E-state index in [1.807, 2.05) is 6.92 Å². The van der Waals surface area contributed by atoms with Crippen molar-refractivity contribution in [3.05, 3.63) is 34.1 Å². The van der Waals surface area contributed by atoms with Gasteiger partial charge in [-0.15, -0.1) is 0 Å². The van der Waals surface area contributed by atoms with E-state index >= 15 is 0 Å². The number of rotatable bonds is 4. The highest BCUT2D eigenvalue weighted by Crippen LogP contribution is 2.26. The Morgan fingerprint density at radius 2 is 2.39 bits per heavy atom. The van der Waals surface area contributed by atoms with Gasteiger partial charge in [-0.25, -0.2) is 4.39 Å². The third-order valence-corrected chi connectivity index (χ3v) is 3.85. The minimum atomic E-state index is -0.450. The Balaban J connectivity index is 2.15. The van der Waals surface area contributed by atoms with Gasteiger partial charge in [0.15, 0.2) is 0 Å². The Kier molecular flexibility index (Phi) is 4.37. The van der Waals surface area contributed by atoms with Gasteiger partial charge in [-0.1, -0.05) is 15.9 Å². The first kappa shape index (κ1) is 13.9. The molecule has 1 aromatic rings. The van der Waals surface area contributed by atoms with Crippen LogP contribution in [0, 0.1) is 5.82 Å². The van der Waals surface area contributed by atoms with Gasteiger partial charge in [-0.05, 0) is 31.5 Å². The molecule has 2 rings (SSSR count). The number of aliphatic hydroxyl groups is 1. The lowest BCUT2D eigenvalue weighted by Crippen LogP contribution is -2.50. The summed E-state index contributed by atoms with van der Waals surface area (Å²) in [5.41, 5.74) is 0.137. The van der Waals surface area contributed by atoms with E-state index in [0.29, 0.717) is 18.8 Å². The topological polar surface area (TPSA) is 41.5 Å². The van der Waals surface area contributed by atoms with Crippen LogP contribution in [0.25, 0.3) is 0 Å². The standard InChI is InChI=1S/C13H17BrFNO2/c1-9(11-6-10(14)2-3-12(11)15)16-13(7-17)4-5-18-8-13/h2-3,6,9,16-17H,4-5,7-8H2,1H3/t9-,13-/m1/s1. The molecule has 2 N–H and O–H groups in total. The molecule has 0 amide bonds. The smallest absolute Gasteiger partial charge is 0.128 e. The Labute approximate surface area is 114 Å². The van der Waals surface area contributed by atoms with Crippen LogP contribution in [0.3, 0.4) is 0 Å². The number of halogens is 2. The molecule has 18 heavy (non-hydrogen) atoms. The molecule has 3 nitrogen and oxygen atoms in total. The van der Waals surface area contributed by atoms with Crippen molar-refractivity contribution in [1.82, 2.24) is 5.32 Å². The lowest BCUT2D eigenvalue weighted by atomic mass is 9.96. The van der Waals surface area contributed by atoms with Gasteiger partial charge >= 0.3 is 0 Å². The van der Waals surface area contributed by atoms with Crippen molar-refractivity contribution < 1.29 is 14.2 Å². The molecule has 1 aromatic carbocycles. The van der Waals surface area contributed by atoms with Crippen LogP contribution < -0.4 is 5.32 Å². The molecule has 0 radical (unpaired) electrons. The summed E-state index contributed by atoms with van der Waals surface area (Å²) >= 11 is 3.34. The molecular weight excluding hydrogens is 301 g/mol. The fraction of sp³-hybridized carbons (Fsp3) is 0.538. The Morgan fingerprint density at radius 1 is 1.61 bits per heavy atom. The van der Waals surface area contributed by atoms with Crippen LogP contribution in [0.5, 0.6) is 0 Å². The van der Waals surface area contributed by atoms with E-state index in [2.05, 4.69) is 21.2 Å². The molecule has 0 bridgehead atoms. The zero-order valence-corrected chi connectivity index (χ0v) is 11.8. The summed E-state index contributed by atoms with van der Waals surface area (Å²) in [6, 6.07) is 4.69. The van der Waals surface area contributed by atoms with Gasteiger partial charge in [0.05, 0.1) is 18.8 Å². The van der Waals surface area contributed by atoms with Crippen LogP contribution >= 0.6 is 15.9 Å². The molecule has 1 fully saturated rings. The van der Waals surface area contributed by atoms with E-state index < -0.39 is 5.54 Å². The highest BCUT2D eigenvalue weighted by atomic mass is 79.9. The zero-order valence-electron chi connectivity index (χ0n) is 10.2. The molecule has 1 saturated heterocycles. The van der Waals surface area contributed by atoms with Crippen molar-refractivity contribution in [3.8, 4) is 0 Å². The number of aliphatic hydroxyl groups excluding tert-OH is 1. The maximum absolute atomic E-state index is 13.8. The van der Waals surface area contributed by atoms with Crippen LogP contribution in [0.1, 0.15) is 24.9 Å². The first-order chi connectivity index (χ1) is 8.56. The molecule has 2 atom stereocenters. The van der Waals surface area contributed by atoms with E-state index in [0.717, 1.165) is 10.9 Å². The third-order valence-electron chi connectivity index (χ3n) is 3.35. The third kappa shape index (κ3) is 2.91. The van der Waals surface area contributed by atoms with Crippen molar-refractivity contribution in [2.24, 2.45) is 0 Å². The summed E-state index contributed by atoms with van der Waals surface area (Å²) in [5.74, 6) is -0.245. The number of benzene rings is 1. The molecule has 100 valence electrons. The van der Waals surface area contributed by atoms with Crippen molar-refractivity contribution in [3.63, 3.8) is 0 Å². The second-order valence-corrected chi connectivity index (χ2v) is 5.69. The molecule has 0 spiro atoms. The fourth-order valence-corrected chi connectivity index (χ4v) is 2.65. The molecule has 1 aliphatic rings. The van der Waals surface area contributed by atoms with Crippen molar-refractivity contribution in [1.29, 1.82) is 0 Å². The van der Waals surface area contributed by atoms with Crippen LogP contribution in [0.4, 0.5) is 4.39 Å². The van der Waals surface area contributed by atoms with E-state index in [1.165, 1.54) is 6.07 Å². The fourth-order valence-electron chi connectivity index (χ4n) is 2.27. The van der Waals surface area contributed by atoms with Gasteiger partial charge in [-0.2, -0.15) is 0 Å². The highest BCUT2D eigenvalue weighted by molar-refractivity contribution is 9.10. The molecule has 5 heteroatoms. The minimum absolute atomic E-state index is 0.00698. The SMILES string of the molecule is C[C@@H](N[C@@]1(CO)CCOC1)c1cc(Br)ccc1F. The Hall–Kier alpha value is -0.490. The number of hydrogen-bond acceptors (Lipinski definition) is 3. The summed E-state index contributed by atoms with van der Waals surface area (Å²) < 4.78 is 19.9. The Bertz CT molecular complexity index is 421. The first-order valence-corrected chi connectivity index (χ1v) is 6.77. The summed E-state index contributed by atoms with van der Waals surface area (Å²) in [5, 5.41) is 12.8. The van der Waals surface area contributed by atoms with Crippen LogP contribution in [0.15, 0.2) is 22.7 Å². The van der Waals surface area contributed by atoms with E-state index in [-0.39, 0.29) is 18.5 Å². The van der Waals surface area contributed by atoms with Gasteiger partial charge in [-0.3, -0.25) is 0 Å². The highest BCUT2D eigenvalue weighted by Gasteiger charge is 2.35. The van der Waals surface area contributed by atoms with Crippen molar-refractivity contribution >= 4 is 15.9 Å². The predicted molar refractivity (Wildman–Crippen MR) is 70.9 cm³/mol. The lowest BCUT2D eigenvalue weighted by Gasteiger charge is -2.30. The molecule has 1 aliphatic heterocycles. The van der Waals surface area contributed by atoms with Crippen LogP contribution in [0.2, 0.25) is 0 Å². The van der Waals surface area contributed by atoms with Gasteiger partial charge in [0.1, 0.15) is 5.82 Å². The maximum atomic E-state index is 13.8. The largest absolute Gasteiger partial charge is 0.394 e. The van der Waals surface area contributed by atoms with Gasteiger partial charge in [0.25, 0.3) is 0 Å². The summed E-state index contributed by atoms with van der Waals surface area (Å²) in [4.78, 5) is 0. The van der Waals surface area contributed by atoms with Gasteiger partial charge in [0.2, 0.25) is 0 Å². The normalized spacial score (nSPS) is 25.3. The molecule has 0 saturated carbocycles. The van der Waals surface area contributed by atoms with E-state index in [4.69, 9.17) is 4.74 Å². The minimum Gasteiger partial charge on any atom is -0.394 e. The Morgan fingerprint density at radius 3 is 3.00 bits per heavy atom. The van der Waals surface area contributed by atoms with Gasteiger partial charge in [0, 0.05) is 22.7 Å².